The summed E-state index contributed by atoms with van der Waals surface area (Å²) >= 11 is 0. The van der Waals surface area contributed by atoms with Crippen LogP contribution in [0, 0.1) is 23.7 Å². The Bertz CT molecular complexity index is 388. The molecule has 0 aromatic rings. The number of hydrogen-bond acceptors (Lipinski definition) is 4. The molecule has 4 nitrogen and oxygen atoms in total. The van der Waals surface area contributed by atoms with Gasteiger partial charge in [0, 0.05) is 12.8 Å². The molecule has 0 aromatic heterocycles. The van der Waals surface area contributed by atoms with Gasteiger partial charge in [0.15, 0.2) is 0 Å². The van der Waals surface area contributed by atoms with Crippen LogP contribution in [0.25, 0.3) is 0 Å². The Morgan fingerprint density at radius 2 is 1.11 bits per heavy atom. The van der Waals surface area contributed by atoms with Crippen LogP contribution in [0.5, 0.6) is 0 Å². The number of hydrogen-bond donors (Lipinski definition) is 0. The van der Waals surface area contributed by atoms with Crippen LogP contribution in [0.4, 0.5) is 0 Å². The Morgan fingerprint density at radius 1 is 0.630 bits per heavy atom. The molecule has 0 spiro atoms. The average molecular weight is 385 g/mol. The summed E-state index contributed by atoms with van der Waals surface area (Å²) in [5, 5.41) is 0. The highest BCUT2D eigenvalue weighted by Crippen LogP contribution is 2.24. The van der Waals surface area contributed by atoms with Crippen molar-refractivity contribution in [2.45, 2.75) is 99.3 Å². The second kappa shape index (κ2) is 15.9. The monoisotopic (exact) mass is 384 g/mol. The van der Waals surface area contributed by atoms with Gasteiger partial charge >= 0.3 is 11.9 Å². The third kappa shape index (κ3) is 16.8. The van der Waals surface area contributed by atoms with Crippen molar-refractivity contribution in [2.24, 2.45) is 23.7 Å². The molecule has 0 radical (unpaired) electrons. The Kier molecular flexibility index (Phi) is 15.3. The number of esters is 2. The van der Waals surface area contributed by atoms with Crippen molar-refractivity contribution >= 4 is 11.9 Å². The molecule has 27 heavy (non-hydrogen) atoms. The fraction of sp³-hybridized carbons (Fsp3) is 0.913. The van der Waals surface area contributed by atoms with E-state index in [0.29, 0.717) is 49.7 Å². The zero-order chi connectivity index (χ0) is 20.7. The third-order valence-electron chi connectivity index (χ3n) is 4.77. The van der Waals surface area contributed by atoms with E-state index in [9.17, 15) is 9.59 Å². The molecular formula is C23H44O4. The van der Waals surface area contributed by atoms with Crippen molar-refractivity contribution in [3.63, 3.8) is 0 Å². The minimum Gasteiger partial charge on any atom is -0.465 e. The Hall–Kier alpha value is -1.06. The quantitative estimate of drug-likeness (QED) is 0.236. The van der Waals surface area contributed by atoms with Gasteiger partial charge in [0.1, 0.15) is 0 Å². The summed E-state index contributed by atoms with van der Waals surface area (Å²) in [4.78, 5) is 23.4. The summed E-state index contributed by atoms with van der Waals surface area (Å²) < 4.78 is 10.5. The molecule has 0 aromatic carbocycles. The van der Waals surface area contributed by atoms with Gasteiger partial charge in [-0.1, -0.05) is 73.6 Å². The highest BCUT2D eigenvalue weighted by atomic mass is 16.5. The highest BCUT2D eigenvalue weighted by Gasteiger charge is 2.16. The second-order valence-electron chi connectivity index (χ2n) is 9.00. The predicted molar refractivity (Wildman–Crippen MR) is 111 cm³/mol. The predicted octanol–water partition coefficient (Wildman–Crippen LogP) is 6.17. The Morgan fingerprint density at radius 3 is 1.63 bits per heavy atom. The molecule has 0 saturated carbocycles. The minimum absolute atomic E-state index is 0.0568. The van der Waals surface area contributed by atoms with Crippen molar-refractivity contribution in [1.82, 2.24) is 0 Å². The van der Waals surface area contributed by atoms with E-state index < -0.39 is 0 Å². The van der Waals surface area contributed by atoms with Gasteiger partial charge in [0.05, 0.1) is 13.2 Å². The van der Waals surface area contributed by atoms with Crippen molar-refractivity contribution in [2.75, 3.05) is 13.2 Å². The van der Waals surface area contributed by atoms with Gasteiger partial charge in [-0.3, -0.25) is 9.59 Å². The highest BCUT2D eigenvalue weighted by molar-refractivity contribution is 5.69. The van der Waals surface area contributed by atoms with Crippen LogP contribution >= 0.6 is 0 Å². The number of carbonyl (C=O) groups is 2. The van der Waals surface area contributed by atoms with Crippen LogP contribution < -0.4 is 0 Å². The van der Waals surface area contributed by atoms with Crippen LogP contribution in [-0.2, 0) is 19.1 Å². The van der Waals surface area contributed by atoms with E-state index in [-0.39, 0.29) is 11.9 Å². The van der Waals surface area contributed by atoms with Crippen LogP contribution in [0.2, 0.25) is 0 Å². The van der Waals surface area contributed by atoms with Crippen LogP contribution in [0.1, 0.15) is 99.3 Å². The molecule has 0 aliphatic rings. The van der Waals surface area contributed by atoms with Gasteiger partial charge in [-0.05, 0) is 36.5 Å². The van der Waals surface area contributed by atoms with Crippen molar-refractivity contribution in [1.29, 1.82) is 0 Å². The maximum Gasteiger partial charge on any atom is 0.305 e. The largest absolute Gasteiger partial charge is 0.465 e. The topological polar surface area (TPSA) is 52.6 Å². The molecule has 0 saturated heterocycles. The van der Waals surface area contributed by atoms with E-state index in [4.69, 9.17) is 9.47 Å². The fourth-order valence-electron chi connectivity index (χ4n) is 2.98. The van der Waals surface area contributed by atoms with E-state index in [0.717, 1.165) is 19.3 Å². The molecule has 0 amide bonds. The van der Waals surface area contributed by atoms with E-state index in [1.807, 2.05) is 13.8 Å². The standard InChI is InChI=1S/C23H44O4/c1-18(2)16-26-22(24)13-11-9-7-8-10-12-21(20(5)6)14-15-23(25)27-17-19(3)4/h18-21H,7-17H2,1-6H3. The number of carbonyl (C=O) groups excluding carboxylic acids is 2. The van der Waals surface area contributed by atoms with Crippen LogP contribution in [0.3, 0.4) is 0 Å². The number of ether oxygens (including phenoxy) is 2. The van der Waals surface area contributed by atoms with E-state index in [1.165, 1.54) is 25.7 Å². The fourth-order valence-corrected chi connectivity index (χ4v) is 2.98. The van der Waals surface area contributed by atoms with Gasteiger partial charge in [0.25, 0.3) is 0 Å². The van der Waals surface area contributed by atoms with E-state index in [1.54, 1.807) is 0 Å². The van der Waals surface area contributed by atoms with Crippen molar-refractivity contribution < 1.29 is 19.1 Å². The first-order valence-electron chi connectivity index (χ1n) is 11.0. The molecule has 0 fully saturated rings. The zero-order valence-electron chi connectivity index (χ0n) is 18.7. The van der Waals surface area contributed by atoms with Crippen LogP contribution in [-0.4, -0.2) is 25.2 Å². The average Bonchev–Trinajstić information content (AvgIpc) is 2.59. The second-order valence-corrected chi connectivity index (χ2v) is 9.00. The maximum absolute atomic E-state index is 11.8. The van der Waals surface area contributed by atoms with E-state index >= 15 is 0 Å². The van der Waals surface area contributed by atoms with Gasteiger partial charge in [-0.15, -0.1) is 0 Å². The SMILES string of the molecule is CC(C)COC(=O)CCCCCCCC(CCC(=O)OCC(C)C)C(C)C. The van der Waals surface area contributed by atoms with Crippen LogP contribution in [0.15, 0.2) is 0 Å². The molecule has 0 heterocycles. The summed E-state index contributed by atoms with van der Waals surface area (Å²) in [7, 11) is 0. The molecule has 0 N–H and O–H groups in total. The lowest BCUT2D eigenvalue weighted by atomic mass is 9.86. The maximum atomic E-state index is 11.8. The van der Waals surface area contributed by atoms with Crippen molar-refractivity contribution in [3.8, 4) is 0 Å². The van der Waals surface area contributed by atoms with Gasteiger partial charge in [-0.25, -0.2) is 0 Å². The van der Waals surface area contributed by atoms with Gasteiger partial charge < -0.3 is 9.47 Å². The summed E-state index contributed by atoms with van der Waals surface area (Å²) in [5.41, 5.74) is 0. The molecule has 0 aliphatic heterocycles. The van der Waals surface area contributed by atoms with Gasteiger partial charge in [0.2, 0.25) is 0 Å². The molecule has 0 bridgehead atoms. The lowest BCUT2D eigenvalue weighted by Gasteiger charge is -2.20. The first-order chi connectivity index (χ1) is 12.7. The Labute approximate surface area is 167 Å². The lowest BCUT2D eigenvalue weighted by molar-refractivity contribution is -0.145. The molecule has 160 valence electrons. The summed E-state index contributed by atoms with van der Waals surface area (Å²) in [6, 6.07) is 0. The zero-order valence-corrected chi connectivity index (χ0v) is 18.7. The number of rotatable bonds is 16. The van der Waals surface area contributed by atoms with Gasteiger partial charge in [-0.2, -0.15) is 0 Å². The molecular weight excluding hydrogens is 340 g/mol. The number of unbranched alkanes of at least 4 members (excludes halogenated alkanes) is 4. The van der Waals surface area contributed by atoms with Crippen molar-refractivity contribution in [3.05, 3.63) is 0 Å². The molecule has 0 rings (SSSR count). The van der Waals surface area contributed by atoms with E-state index in [2.05, 4.69) is 27.7 Å². The normalized spacial score (nSPS) is 12.6. The molecule has 4 heteroatoms. The minimum atomic E-state index is -0.0621. The Balaban J connectivity index is 3.75. The first-order valence-corrected chi connectivity index (χ1v) is 11.0. The smallest absolute Gasteiger partial charge is 0.305 e. The summed E-state index contributed by atoms with van der Waals surface area (Å²) in [6.45, 7) is 13.7. The summed E-state index contributed by atoms with van der Waals surface area (Å²) in [6.07, 6.45) is 8.75. The molecule has 0 aliphatic carbocycles. The third-order valence-corrected chi connectivity index (χ3v) is 4.77. The summed E-state index contributed by atoms with van der Waals surface area (Å²) in [5.74, 6) is 1.86. The molecule has 1 unspecified atom stereocenters. The molecule has 1 atom stereocenters. The first kappa shape index (κ1) is 25.9. The lowest BCUT2D eigenvalue weighted by Crippen LogP contribution is -2.14.